The minimum Gasteiger partial charge on any atom is -0.333 e. The van der Waals surface area contributed by atoms with Gasteiger partial charge >= 0.3 is 0 Å². The Morgan fingerprint density at radius 3 is 2.54 bits per heavy atom. The van der Waals surface area contributed by atoms with Crippen molar-refractivity contribution >= 4 is 33.4 Å². The van der Waals surface area contributed by atoms with Gasteiger partial charge in [0.15, 0.2) is 0 Å². The third kappa shape index (κ3) is 3.50. The molecular weight excluding hydrogens is 382 g/mol. The minimum atomic E-state index is -3.71. The number of rotatable bonds is 5. The van der Waals surface area contributed by atoms with E-state index in [1.165, 1.54) is 6.92 Å². The van der Waals surface area contributed by atoms with Crippen LogP contribution in [-0.4, -0.2) is 60.2 Å². The van der Waals surface area contributed by atoms with Crippen molar-refractivity contribution in [2.45, 2.75) is 45.2 Å². The average molecular weight is 407 g/mol. The van der Waals surface area contributed by atoms with E-state index in [9.17, 15) is 22.8 Å². The number of nitrogens with zero attached hydrogens (tertiary/aromatic N) is 2. The summed E-state index contributed by atoms with van der Waals surface area (Å²) in [5, 5.41) is 2.66. The zero-order valence-electron chi connectivity index (χ0n) is 16.2. The van der Waals surface area contributed by atoms with E-state index in [0.29, 0.717) is 37.1 Å². The van der Waals surface area contributed by atoms with Gasteiger partial charge in [-0.15, -0.1) is 0 Å². The lowest BCUT2D eigenvalue weighted by molar-refractivity contribution is -0.128. The number of sulfonamides is 1. The second-order valence-electron chi connectivity index (χ2n) is 7.36. The summed E-state index contributed by atoms with van der Waals surface area (Å²) >= 11 is 0. The molecule has 3 amide bonds. The molecule has 0 radical (unpaired) electrons. The first-order valence-corrected chi connectivity index (χ1v) is 11.2. The van der Waals surface area contributed by atoms with Gasteiger partial charge in [-0.1, -0.05) is 25.5 Å². The van der Waals surface area contributed by atoms with Crippen LogP contribution in [0.15, 0.2) is 24.3 Å². The molecule has 8 nitrogen and oxygen atoms in total. The normalized spacial score (nSPS) is 24.4. The molecule has 0 bridgehead atoms. The maximum Gasteiger partial charge on any atom is 0.256 e. The molecule has 0 aliphatic carbocycles. The number of nitrogens with one attached hydrogen (secondary N) is 1. The lowest BCUT2D eigenvalue weighted by Crippen LogP contribution is -2.43. The van der Waals surface area contributed by atoms with Crippen LogP contribution in [0.1, 0.15) is 43.5 Å². The van der Waals surface area contributed by atoms with Gasteiger partial charge in [0.25, 0.3) is 5.91 Å². The molecular formula is C19H25N3O5S. The highest BCUT2D eigenvalue weighted by atomic mass is 32.2. The van der Waals surface area contributed by atoms with E-state index in [0.717, 1.165) is 10.6 Å². The zero-order chi connectivity index (χ0) is 20.6. The Labute approximate surface area is 164 Å². The minimum absolute atomic E-state index is 0.289. The van der Waals surface area contributed by atoms with Gasteiger partial charge in [-0.2, -0.15) is 0 Å². The summed E-state index contributed by atoms with van der Waals surface area (Å²) < 4.78 is 25.4. The van der Waals surface area contributed by atoms with E-state index in [1.54, 1.807) is 29.2 Å². The molecule has 28 heavy (non-hydrogen) atoms. The van der Waals surface area contributed by atoms with Crippen molar-refractivity contribution in [2.75, 3.05) is 18.1 Å². The summed E-state index contributed by atoms with van der Waals surface area (Å²) in [6.07, 6.45) is 2.68. The average Bonchev–Trinajstić information content (AvgIpc) is 3.12. The van der Waals surface area contributed by atoms with Crippen molar-refractivity contribution in [3.8, 4) is 0 Å². The fourth-order valence-corrected chi connectivity index (χ4v) is 5.57. The number of hydrogen-bond donors (Lipinski definition) is 1. The van der Waals surface area contributed by atoms with Crippen LogP contribution in [-0.2, 0) is 19.6 Å². The number of anilines is 1. The molecule has 2 heterocycles. The lowest BCUT2D eigenvalue weighted by Gasteiger charge is -2.28. The van der Waals surface area contributed by atoms with Gasteiger partial charge < -0.3 is 10.2 Å². The van der Waals surface area contributed by atoms with Crippen molar-refractivity contribution in [1.82, 2.24) is 9.21 Å². The first kappa shape index (κ1) is 20.3. The van der Waals surface area contributed by atoms with Crippen LogP contribution in [0.2, 0.25) is 0 Å². The van der Waals surface area contributed by atoms with Gasteiger partial charge in [-0.25, -0.2) is 12.7 Å². The topological polar surface area (TPSA) is 104 Å². The van der Waals surface area contributed by atoms with Gasteiger partial charge in [0.2, 0.25) is 21.8 Å². The summed E-state index contributed by atoms with van der Waals surface area (Å²) in [5.41, 5.74) is 0.735. The standard InChI is InChI=1S/C19H25N3O5S/c1-4-7-14-17-16(22(19(14)25)28(3,26)27)10-11-21(17)18(24)13-8-5-6-9-15(13)20-12(2)23/h5-6,8-9,14,16-17H,4,7,10-11H2,1-3H3,(H,20,23)/t14-,16+,17-/m1/s1. The fraction of sp³-hybridized carbons (Fsp3) is 0.526. The molecule has 152 valence electrons. The van der Waals surface area contributed by atoms with Gasteiger partial charge in [0.05, 0.1) is 35.5 Å². The molecule has 2 aliphatic heterocycles. The van der Waals surface area contributed by atoms with Crippen LogP contribution < -0.4 is 5.32 Å². The first-order valence-electron chi connectivity index (χ1n) is 9.37. The lowest BCUT2D eigenvalue weighted by atomic mass is 9.94. The van der Waals surface area contributed by atoms with Gasteiger partial charge in [-0.05, 0) is 25.0 Å². The highest BCUT2D eigenvalue weighted by Gasteiger charge is 2.57. The molecule has 2 aliphatic rings. The molecule has 0 spiro atoms. The number of likely N-dealkylation sites (tertiary alicyclic amines) is 1. The number of para-hydroxylation sites is 1. The van der Waals surface area contributed by atoms with Crippen molar-refractivity contribution in [1.29, 1.82) is 0 Å². The maximum absolute atomic E-state index is 13.3. The van der Waals surface area contributed by atoms with Gasteiger partial charge in [0, 0.05) is 13.5 Å². The predicted molar refractivity (Wildman–Crippen MR) is 104 cm³/mol. The van der Waals surface area contributed by atoms with E-state index in [-0.39, 0.29) is 11.8 Å². The molecule has 1 aromatic rings. The number of carbonyl (C=O) groups excluding carboxylic acids is 3. The predicted octanol–water partition coefficient (Wildman–Crippen LogP) is 1.45. The largest absolute Gasteiger partial charge is 0.333 e. The summed E-state index contributed by atoms with van der Waals surface area (Å²) in [7, 11) is -3.71. The Bertz CT molecular complexity index is 914. The number of carbonyl (C=O) groups is 3. The summed E-state index contributed by atoms with van der Waals surface area (Å²) in [4.78, 5) is 39.2. The van der Waals surface area contributed by atoms with Crippen molar-refractivity contribution in [2.24, 2.45) is 5.92 Å². The summed E-state index contributed by atoms with van der Waals surface area (Å²) in [6.45, 7) is 3.66. The smallest absolute Gasteiger partial charge is 0.256 e. The van der Waals surface area contributed by atoms with E-state index >= 15 is 0 Å². The van der Waals surface area contributed by atoms with Gasteiger partial charge in [-0.3, -0.25) is 14.4 Å². The Morgan fingerprint density at radius 1 is 1.25 bits per heavy atom. The molecule has 0 saturated carbocycles. The Morgan fingerprint density at radius 2 is 1.93 bits per heavy atom. The summed E-state index contributed by atoms with van der Waals surface area (Å²) in [6, 6.07) is 5.68. The van der Waals surface area contributed by atoms with Crippen molar-refractivity contribution in [3.63, 3.8) is 0 Å². The monoisotopic (exact) mass is 407 g/mol. The van der Waals surface area contributed by atoms with Crippen LogP contribution >= 0.6 is 0 Å². The van der Waals surface area contributed by atoms with Crippen LogP contribution in [0, 0.1) is 5.92 Å². The molecule has 0 unspecified atom stereocenters. The van der Waals surface area contributed by atoms with E-state index < -0.39 is 33.9 Å². The Balaban J connectivity index is 1.98. The maximum atomic E-state index is 13.3. The fourth-order valence-electron chi connectivity index (χ4n) is 4.39. The molecule has 1 N–H and O–H groups in total. The SMILES string of the molecule is CCC[C@H]1C(=O)N(S(C)(=O)=O)[C@H]2CCN(C(=O)c3ccccc3NC(C)=O)[C@H]12. The first-order chi connectivity index (χ1) is 13.2. The molecule has 9 heteroatoms. The number of amides is 3. The second kappa shape index (κ2) is 7.54. The summed E-state index contributed by atoms with van der Waals surface area (Å²) in [5.74, 6) is -1.56. The number of benzene rings is 1. The second-order valence-corrected chi connectivity index (χ2v) is 9.22. The van der Waals surface area contributed by atoms with E-state index in [2.05, 4.69) is 5.32 Å². The quantitative estimate of drug-likeness (QED) is 0.796. The highest BCUT2D eigenvalue weighted by Crippen LogP contribution is 2.40. The van der Waals surface area contributed by atoms with Crippen molar-refractivity contribution in [3.05, 3.63) is 29.8 Å². The number of fused-ring (bicyclic) bond motifs is 1. The third-order valence-electron chi connectivity index (χ3n) is 5.35. The Kier molecular flexibility index (Phi) is 5.47. The molecule has 3 rings (SSSR count). The molecule has 0 aromatic heterocycles. The van der Waals surface area contributed by atoms with Crippen LogP contribution in [0.5, 0.6) is 0 Å². The van der Waals surface area contributed by atoms with E-state index in [1.807, 2.05) is 6.92 Å². The van der Waals surface area contributed by atoms with Crippen LogP contribution in [0.3, 0.4) is 0 Å². The number of hydrogen-bond acceptors (Lipinski definition) is 5. The molecule has 2 fully saturated rings. The zero-order valence-corrected chi connectivity index (χ0v) is 17.0. The van der Waals surface area contributed by atoms with Crippen molar-refractivity contribution < 1.29 is 22.8 Å². The third-order valence-corrected chi connectivity index (χ3v) is 6.52. The highest BCUT2D eigenvalue weighted by molar-refractivity contribution is 7.88. The van der Waals surface area contributed by atoms with Crippen LogP contribution in [0.25, 0.3) is 0 Å². The van der Waals surface area contributed by atoms with E-state index in [4.69, 9.17) is 0 Å². The molecule has 1 aromatic carbocycles. The molecule has 2 saturated heterocycles. The molecule has 3 atom stereocenters. The van der Waals surface area contributed by atoms with Crippen LogP contribution in [0.4, 0.5) is 5.69 Å². The Hall–Kier alpha value is -2.42. The van der Waals surface area contributed by atoms with Gasteiger partial charge in [0.1, 0.15) is 0 Å².